The van der Waals surface area contributed by atoms with Crippen LogP contribution in [0.25, 0.3) is 0 Å². The zero-order chi connectivity index (χ0) is 13.9. The maximum Gasteiger partial charge on any atom is 0.437 e. The molecule has 2 rings (SSSR count). The number of alkyl halides is 3. The zero-order valence-electron chi connectivity index (χ0n) is 10.2. The van der Waals surface area contributed by atoms with E-state index in [9.17, 15) is 13.2 Å². The topological polar surface area (TPSA) is 45.9 Å². The van der Waals surface area contributed by atoms with Crippen molar-refractivity contribution in [3.05, 3.63) is 24.0 Å². The van der Waals surface area contributed by atoms with E-state index in [1.165, 1.54) is 12.1 Å². The van der Waals surface area contributed by atoms with Gasteiger partial charge in [-0.05, 0) is 25.0 Å². The van der Waals surface area contributed by atoms with Crippen molar-refractivity contribution in [2.45, 2.75) is 37.8 Å². The molecule has 0 saturated carbocycles. The van der Waals surface area contributed by atoms with Gasteiger partial charge >= 0.3 is 6.18 Å². The van der Waals surface area contributed by atoms with Gasteiger partial charge < -0.3 is 4.74 Å². The minimum Gasteiger partial charge on any atom is -0.488 e. The Morgan fingerprint density at radius 2 is 2.05 bits per heavy atom. The summed E-state index contributed by atoms with van der Waals surface area (Å²) in [5, 5.41) is 8.77. The second-order valence-corrected chi connectivity index (χ2v) is 4.57. The first-order valence-electron chi connectivity index (χ1n) is 6.09. The Morgan fingerprint density at radius 3 is 2.63 bits per heavy atom. The van der Waals surface area contributed by atoms with Gasteiger partial charge in [0.1, 0.15) is 0 Å². The van der Waals surface area contributed by atoms with Crippen molar-refractivity contribution in [2.24, 2.45) is 0 Å². The van der Waals surface area contributed by atoms with Crippen LogP contribution in [0, 0.1) is 11.2 Å². The molecule has 1 aliphatic heterocycles. The number of nitriles is 1. The quantitative estimate of drug-likeness (QED) is 0.773. The van der Waals surface area contributed by atoms with E-state index in [2.05, 4.69) is 11.0 Å². The van der Waals surface area contributed by atoms with Crippen LogP contribution in [0.15, 0.2) is 18.3 Å². The van der Waals surface area contributed by atoms with Crippen LogP contribution in [-0.2, 0) is 6.18 Å². The van der Waals surface area contributed by atoms with Crippen molar-refractivity contribution in [1.29, 1.82) is 5.26 Å². The smallest absolute Gasteiger partial charge is 0.437 e. The normalized spacial score (nSPS) is 17.1. The molecule has 0 atom stereocenters. The Hall–Kier alpha value is -1.71. The van der Waals surface area contributed by atoms with Crippen molar-refractivity contribution in [3.63, 3.8) is 0 Å². The minimum absolute atomic E-state index is 0.00386. The highest BCUT2D eigenvalue weighted by atomic mass is 19.4. The summed E-state index contributed by atoms with van der Waals surface area (Å²) in [6.45, 7) is -0.00386. The van der Waals surface area contributed by atoms with Crippen LogP contribution >= 0.6 is 0 Å². The Morgan fingerprint density at radius 1 is 1.37 bits per heavy atom. The number of aromatic nitrogens is 1. The first kappa shape index (κ1) is 13.7. The molecule has 2 heterocycles. The lowest BCUT2D eigenvalue weighted by molar-refractivity contribution is -0.143. The van der Waals surface area contributed by atoms with Crippen molar-refractivity contribution >= 4 is 6.71 Å². The zero-order valence-corrected chi connectivity index (χ0v) is 10.2. The molecular weight excluding hydrogens is 256 g/mol. The van der Waals surface area contributed by atoms with E-state index in [1.807, 2.05) is 0 Å². The third kappa shape index (κ3) is 3.40. The second-order valence-electron chi connectivity index (χ2n) is 4.57. The lowest BCUT2D eigenvalue weighted by atomic mass is 9.42. The molecule has 0 amide bonds. The van der Waals surface area contributed by atoms with E-state index in [-0.39, 0.29) is 18.6 Å². The van der Waals surface area contributed by atoms with Gasteiger partial charge in [0.05, 0.1) is 6.10 Å². The SMILES string of the molecule is N#CB1CCC(Oc2cccnc2C(F)(F)F)CC1. The van der Waals surface area contributed by atoms with E-state index in [0.29, 0.717) is 25.5 Å². The fraction of sp³-hybridized carbons (Fsp3) is 0.500. The highest BCUT2D eigenvalue weighted by molar-refractivity contribution is 6.67. The number of rotatable bonds is 2. The van der Waals surface area contributed by atoms with Gasteiger partial charge in [0.25, 0.3) is 6.71 Å². The van der Waals surface area contributed by atoms with Crippen LogP contribution in [-0.4, -0.2) is 17.8 Å². The van der Waals surface area contributed by atoms with Crippen molar-refractivity contribution in [3.8, 4) is 11.7 Å². The van der Waals surface area contributed by atoms with Crippen LogP contribution in [0.5, 0.6) is 5.75 Å². The van der Waals surface area contributed by atoms with E-state index >= 15 is 0 Å². The molecule has 1 aliphatic rings. The summed E-state index contributed by atoms with van der Waals surface area (Å²) < 4.78 is 43.6. The van der Waals surface area contributed by atoms with Gasteiger partial charge in [0.2, 0.25) is 0 Å². The summed E-state index contributed by atoms with van der Waals surface area (Å²) in [4.78, 5) is 3.34. The molecule has 7 heteroatoms. The van der Waals surface area contributed by atoms with Crippen LogP contribution in [0.4, 0.5) is 13.2 Å². The third-order valence-electron chi connectivity index (χ3n) is 3.19. The van der Waals surface area contributed by atoms with Gasteiger partial charge in [-0.3, -0.25) is 0 Å². The van der Waals surface area contributed by atoms with Crippen molar-refractivity contribution in [1.82, 2.24) is 4.98 Å². The van der Waals surface area contributed by atoms with Gasteiger partial charge in [0.15, 0.2) is 11.4 Å². The van der Waals surface area contributed by atoms with Crippen molar-refractivity contribution < 1.29 is 17.9 Å². The maximum atomic E-state index is 12.7. The lowest BCUT2D eigenvalue weighted by Crippen LogP contribution is -2.28. The highest BCUT2D eigenvalue weighted by Gasteiger charge is 2.37. The van der Waals surface area contributed by atoms with Gasteiger partial charge in [-0.2, -0.15) is 13.2 Å². The van der Waals surface area contributed by atoms with Crippen LogP contribution in [0.2, 0.25) is 12.6 Å². The molecule has 100 valence electrons. The van der Waals surface area contributed by atoms with Crippen LogP contribution in [0.3, 0.4) is 0 Å². The lowest BCUT2D eigenvalue weighted by Gasteiger charge is -2.25. The predicted molar refractivity (Wildman–Crippen MR) is 63.9 cm³/mol. The Bertz CT molecular complexity index is 479. The summed E-state index contributed by atoms with van der Waals surface area (Å²) >= 11 is 0. The van der Waals surface area contributed by atoms with E-state index in [1.54, 1.807) is 0 Å². The first-order valence-corrected chi connectivity index (χ1v) is 6.09. The summed E-state index contributed by atoms with van der Waals surface area (Å²) in [5.74, 6) is 1.95. The number of hydrogen-bond acceptors (Lipinski definition) is 3. The van der Waals surface area contributed by atoms with Gasteiger partial charge in [-0.15, -0.1) is 0 Å². The first-order chi connectivity index (χ1) is 9.00. The van der Waals surface area contributed by atoms with E-state index < -0.39 is 11.9 Å². The Balaban J connectivity index is 2.07. The molecule has 0 unspecified atom stereocenters. The molecular formula is C12H12BF3N2O. The number of pyridine rings is 1. The van der Waals surface area contributed by atoms with E-state index in [0.717, 1.165) is 6.20 Å². The molecule has 3 nitrogen and oxygen atoms in total. The fourth-order valence-corrected chi connectivity index (χ4v) is 2.19. The summed E-state index contributed by atoms with van der Waals surface area (Å²) in [6, 6.07) is 2.71. The third-order valence-corrected chi connectivity index (χ3v) is 3.19. The monoisotopic (exact) mass is 268 g/mol. The molecule has 1 aromatic heterocycles. The molecule has 0 bridgehead atoms. The predicted octanol–water partition coefficient (Wildman–Crippen LogP) is 3.20. The fourth-order valence-electron chi connectivity index (χ4n) is 2.19. The molecule has 0 aromatic carbocycles. The molecule has 1 aromatic rings. The molecule has 1 saturated heterocycles. The number of hydrogen-bond donors (Lipinski definition) is 0. The van der Waals surface area contributed by atoms with E-state index in [4.69, 9.17) is 10.00 Å². The Kier molecular flexibility index (Phi) is 3.98. The minimum atomic E-state index is -4.51. The second kappa shape index (κ2) is 5.51. The average molecular weight is 268 g/mol. The molecule has 1 fully saturated rings. The summed E-state index contributed by atoms with van der Waals surface area (Å²) in [6.07, 6.45) is -1.14. The molecule has 0 spiro atoms. The number of nitrogens with zero attached hydrogens (tertiary/aromatic N) is 2. The summed E-state index contributed by atoms with van der Waals surface area (Å²) in [5.41, 5.74) is -0.989. The summed E-state index contributed by atoms with van der Waals surface area (Å²) in [7, 11) is 0. The van der Waals surface area contributed by atoms with Crippen molar-refractivity contribution in [2.75, 3.05) is 0 Å². The van der Waals surface area contributed by atoms with Gasteiger partial charge in [-0.25, -0.2) is 10.2 Å². The number of ether oxygens (including phenoxy) is 1. The number of halogens is 3. The largest absolute Gasteiger partial charge is 0.488 e. The molecule has 0 N–H and O–H groups in total. The highest BCUT2D eigenvalue weighted by Crippen LogP contribution is 2.35. The standard InChI is InChI=1S/C12H12BF3N2O/c14-12(15,16)11-10(2-1-7-18-11)19-9-3-5-13(8-17)6-4-9/h1-2,7,9H,3-6H2. The van der Waals surface area contributed by atoms with Gasteiger partial charge in [0, 0.05) is 12.2 Å². The molecule has 0 aliphatic carbocycles. The molecule has 0 radical (unpaired) electrons. The maximum absolute atomic E-state index is 12.7. The van der Waals surface area contributed by atoms with Crippen LogP contribution < -0.4 is 4.74 Å². The average Bonchev–Trinajstić information content (AvgIpc) is 2.39. The molecule has 19 heavy (non-hydrogen) atoms. The van der Waals surface area contributed by atoms with Crippen LogP contribution in [0.1, 0.15) is 18.5 Å². The van der Waals surface area contributed by atoms with Gasteiger partial charge in [-0.1, -0.05) is 12.6 Å². The Labute approximate surface area is 109 Å².